The molecule has 1 aromatic carbocycles. The molecule has 0 saturated carbocycles. The van der Waals surface area contributed by atoms with Crippen molar-refractivity contribution in [3.63, 3.8) is 0 Å². The van der Waals surface area contributed by atoms with Crippen LogP contribution in [0.1, 0.15) is 17.4 Å². The Balaban J connectivity index is 2.38. The molecule has 0 aliphatic heterocycles. The van der Waals surface area contributed by atoms with Gasteiger partial charge in [-0.3, -0.25) is 9.59 Å². The molecule has 2 aromatic rings. The first-order chi connectivity index (χ1) is 9.61. The third-order valence-electron chi connectivity index (χ3n) is 2.74. The van der Waals surface area contributed by atoms with Gasteiger partial charge in [0, 0.05) is 17.6 Å². The number of benzene rings is 1. The number of hydrogen-bond acceptors (Lipinski definition) is 4. The zero-order valence-electron chi connectivity index (χ0n) is 11.1. The van der Waals surface area contributed by atoms with Gasteiger partial charge in [0.2, 0.25) is 5.91 Å². The third-order valence-corrected chi connectivity index (χ3v) is 2.74. The van der Waals surface area contributed by atoms with Crippen LogP contribution in [0.3, 0.4) is 0 Å². The van der Waals surface area contributed by atoms with Crippen LogP contribution in [0.4, 0.5) is 5.69 Å². The van der Waals surface area contributed by atoms with Crippen molar-refractivity contribution in [3.8, 4) is 0 Å². The van der Waals surface area contributed by atoms with E-state index in [1.165, 1.54) is 0 Å². The molecule has 0 atom stereocenters. The minimum atomic E-state index is -0.592. The number of hydrogen-bond donors (Lipinski definition) is 3. The van der Waals surface area contributed by atoms with Crippen LogP contribution in [0.5, 0.6) is 0 Å². The lowest BCUT2D eigenvalue weighted by Gasteiger charge is -2.10. The van der Waals surface area contributed by atoms with Crippen LogP contribution < -0.4 is 16.4 Å². The molecule has 0 fully saturated rings. The third kappa shape index (κ3) is 3.03. The fourth-order valence-corrected chi connectivity index (χ4v) is 1.89. The Hall–Kier alpha value is -2.63. The normalized spacial score (nSPS) is 10.2. The molecule has 0 aliphatic rings. The van der Waals surface area contributed by atoms with Gasteiger partial charge in [-0.05, 0) is 19.1 Å². The average molecular weight is 272 g/mol. The monoisotopic (exact) mass is 272 g/mol. The number of rotatable bonds is 5. The average Bonchev–Trinajstić information content (AvgIpc) is 2.45. The summed E-state index contributed by atoms with van der Waals surface area (Å²) in [5.41, 5.74) is 6.80. The molecule has 0 radical (unpaired) electrons. The van der Waals surface area contributed by atoms with Crippen molar-refractivity contribution in [1.29, 1.82) is 0 Å². The fraction of sp³-hybridized carbons (Fsp3) is 0.214. The van der Waals surface area contributed by atoms with Gasteiger partial charge < -0.3 is 16.4 Å². The number of pyridine rings is 1. The number of carbonyl (C=O) groups is 2. The van der Waals surface area contributed by atoms with Gasteiger partial charge in [0.25, 0.3) is 5.91 Å². The molecule has 0 unspecified atom stereocenters. The topological polar surface area (TPSA) is 97.1 Å². The molecule has 20 heavy (non-hydrogen) atoms. The first-order valence-corrected chi connectivity index (χ1v) is 6.32. The van der Waals surface area contributed by atoms with E-state index in [0.29, 0.717) is 0 Å². The van der Waals surface area contributed by atoms with Gasteiger partial charge >= 0.3 is 0 Å². The standard InChI is InChI=1S/C14H16N4O2/c1-2-16-11-7-12(14(20)17-8-13(15)19)18-10-6-4-3-5-9(10)11/h3-7H,2,8H2,1H3,(H2,15,19)(H,16,18)(H,17,20). The number of nitrogens with two attached hydrogens (primary N) is 1. The van der Waals surface area contributed by atoms with E-state index in [-0.39, 0.29) is 12.2 Å². The zero-order valence-corrected chi connectivity index (χ0v) is 11.1. The van der Waals surface area contributed by atoms with Gasteiger partial charge in [-0.25, -0.2) is 4.98 Å². The molecule has 6 nitrogen and oxygen atoms in total. The second-order valence-electron chi connectivity index (χ2n) is 4.25. The summed E-state index contributed by atoms with van der Waals surface area (Å²) >= 11 is 0. The summed E-state index contributed by atoms with van der Waals surface area (Å²) in [6.07, 6.45) is 0. The Bertz CT molecular complexity index is 655. The fourth-order valence-electron chi connectivity index (χ4n) is 1.89. The second-order valence-corrected chi connectivity index (χ2v) is 4.25. The van der Waals surface area contributed by atoms with Crippen LogP contribution in [-0.4, -0.2) is 29.9 Å². The largest absolute Gasteiger partial charge is 0.385 e. The highest BCUT2D eigenvalue weighted by atomic mass is 16.2. The van der Waals surface area contributed by atoms with E-state index >= 15 is 0 Å². The molecule has 0 aliphatic carbocycles. The van der Waals surface area contributed by atoms with Gasteiger partial charge in [0.1, 0.15) is 5.69 Å². The molecule has 2 amide bonds. The van der Waals surface area contributed by atoms with Crippen molar-refractivity contribution in [1.82, 2.24) is 10.3 Å². The lowest BCUT2D eigenvalue weighted by molar-refractivity contribution is -0.117. The quantitative estimate of drug-likeness (QED) is 0.752. The van der Waals surface area contributed by atoms with Gasteiger partial charge in [0.15, 0.2) is 0 Å². The van der Waals surface area contributed by atoms with E-state index in [1.54, 1.807) is 6.07 Å². The lowest BCUT2D eigenvalue weighted by atomic mass is 10.1. The van der Waals surface area contributed by atoms with E-state index in [4.69, 9.17) is 5.73 Å². The Morgan fingerprint density at radius 2 is 2.05 bits per heavy atom. The van der Waals surface area contributed by atoms with E-state index in [2.05, 4.69) is 15.6 Å². The maximum Gasteiger partial charge on any atom is 0.270 e. The SMILES string of the molecule is CCNc1cc(C(=O)NCC(N)=O)nc2ccccc12. The summed E-state index contributed by atoms with van der Waals surface area (Å²) in [6, 6.07) is 9.21. The number of fused-ring (bicyclic) bond motifs is 1. The van der Waals surface area contributed by atoms with Crippen LogP contribution in [-0.2, 0) is 4.79 Å². The van der Waals surface area contributed by atoms with Crippen molar-refractivity contribution in [2.75, 3.05) is 18.4 Å². The minimum Gasteiger partial charge on any atom is -0.385 e. The van der Waals surface area contributed by atoms with Crippen molar-refractivity contribution in [2.45, 2.75) is 6.92 Å². The zero-order chi connectivity index (χ0) is 14.5. The Morgan fingerprint density at radius 1 is 1.30 bits per heavy atom. The van der Waals surface area contributed by atoms with Crippen LogP contribution in [0, 0.1) is 0 Å². The predicted molar refractivity (Wildman–Crippen MR) is 77.4 cm³/mol. The molecule has 1 aromatic heterocycles. The molecule has 1 heterocycles. The molecular weight excluding hydrogens is 256 g/mol. The van der Waals surface area contributed by atoms with Gasteiger partial charge in [-0.1, -0.05) is 18.2 Å². The molecule has 0 spiro atoms. The summed E-state index contributed by atoms with van der Waals surface area (Å²) < 4.78 is 0. The molecule has 0 saturated heterocycles. The summed E-state index contributed by atoms with van der Waals surface area (Å²) in [7, 11) is 0. The highest BCUT2D eigenvalue weighted by molar-refractivity contribution is 6.00. The van der Waals surface area contributed by atoms with E-state index in [1.807, 2.05) is 31.2 Å². The van der Waals surface area contributed by atoms with Crippen molar-refractivity contribution in [2.24, 2.45) is 5.73 Å². The highest BCUT2D eigenvalue weighted by Gasteiger charge is 2.12. The van der Waals surface area contributed by atoms with Crippen molar-refractivity contribution >= 4 is 28.4 Å². The minimum absolute atomic E-state index is 0.204. The molecular formula is C14H16N4O2. The Morgan fingerprint density at radius 3 is 2.75 bits per heavy atom. The number of aromatic nitrogens is 1. The summed E-state index contributed by atoms with van der Waals surface area (Å²) in [6.45, 7) is 2.50. The van der Waals surface area contributed by atoms with Crippen LogP contribution in [0.25, 0.3) is 10.9 Å². The van der Waals surface area contributed by atoms with Crippen molar-refractivity contribution in [3.05, 3.63) is 36.0 Å². The van der Waals surface area contributed by atoms with Gasteiger partial charge in [-0.2, -0.15) is 0 Å². The number of anilines is 1. The summed E-state index contributed by atoms with van der Waals surface area (Å²) in [5.74, 6) is -1.01. The maximum absolute atomic E-state index is 11.9. The number of para-hydroxylation sites is 1. The van der Waals surface area contributed by atoms with Crippen molar-refractivity contribution < 1.29 is 9.59 Å². The van der Waals surface area contributed by atoms with E-state index in [9.17, 15) is 9.59 Å². The number of carbonyl (C=O) groups excluding carboxylic acids is 2. The Kier molecular flexibility index (Phi) is 4.14. The summed E-state index contributed by atoms with van der Waals surface area (Å²) in [4.78, 5) is 26.9. The smallest absolute Gasteiger partial charge is 0.270 e. The number of primary amides is 1. The van der Waals surface area contributed by atoms with E-state index in [0.717, 1.165) is 23.1 Å². The summed E-state index contributed by atoms with van der Waals surface area (Å²) in [5, 5.41) is 6.57. The molecule has 4 N–H and O–H groups in total. The number of nitrogens with one attached hydrogen (secondary N) is 2. The van der Waals surface area contributed by atoms with Crippen LogP contribution >= 0.6 is 0 Å². The molecule has 0 bridgehead atoms. The first kappa shape index (κ1) is 13.8. The van der Waals surface area contributed by atoms with Gasteiger partial charge in [0.05, 0.1) is 12.1 Å². The molecule has 2 rings (SSSR count). The van der Waals surface area contributed by atoms with Crippen LogP contribution in [0.2, 0.25) is 0 Å². The predicted octanol–water partition coefficient (Wildman–Crippen LogP) is 0.882. The lowest BCUT2D eigenvalue weighted by Crippen LogP contribution is -2.33. The molecule has 104 valence electrons. The molecule has 6 heteroatoms. The highest BCUT2D eigenvalue weighted by Crippen LogP contribution is 2.22. The first-order valence-electron chi connectivity index (χ1n) is 6.32. The maximum atomic E-state index is 11.9. The number of amides is 2. The van der Waals surface area contributed by atoms with Crippen LogP contribution in [0.15, 0.2) is 30.3 Å². The Labute approximate surface area is 116 Å². The second kappa shape index (κ2) is 6.01. The number of nitrogens with zero attached hydrogens (tertiary/aromatic N) is 1. The van der Waals surface area contributed by atoms with E-state index < -0.39 is 11.8 Å². The van der Waals surface area contributed by atoms with Gasteiger partial charge in [-0.15, -0.1) is 0 Å².